The van der Waals surface area contributed by atoms with Gasteiger partial charge >= 0.3 is 0 Å². The zero-order chi connectivity index (χ0) is 13.1. The normalized spacial score (nSPS) is 25.9. The van der Waals surface area contributed by atoms with Gasteiger partial charge in [0.25, 0.3) is 0 Å². The van der Waals surface area contributed by atoms with Gasteiger partial charge in [0.1, 0.15) is 5.25 Å². The van der Waals surface area contributed by atoms with Crippen LogP contribution in [-0.4, -0.2) is 46.3 Å². The third-order valence-corrected chi connectivity index (χ3v) is 4.16. The van der Waals surface area contributed by atoms with Crippen LogP contribution in [-0.2, 0) is 9.59 Å². The second-order valence-electron chi connectivity index (χ2n) is 4.49. The molecule has 0 aromatic carbocycles. The van der Waals surface area contributed by atoms with Crippen LogP contribution in [0, 0.1) is 0 Å². The Kier molecular flexibility index (Phi) is 4.27. The van der Waals surface area contributed by atoms with Crippen molar-refractivity contribution < 1.29 is 9.59 Å². The molecule has 0 spiro atoms. The Morgan fingerprint density at radius 3 is 2.78 bits per heavy atom. The minimum absolute atomic E-state index is 0.0145. The predicted molar refractivity (Wildman–Crippen MR) is 72.5 cm³/mol. The molecule has 0 bridgehead atoms. The maximum absolute atomic E-state index is 12.1. The van der Waals surface area contributed by atoms with Crippen LogP contribution in [0.4, 0.5) is 0 Å². The van der Waals surface area contributed by atoms with Crippen molar-refractivity contribution in [1.82, 2.24) is 10.2 Å². The maximum atomic E-state index is 12.1. The van der Waals surface area contributed by atoms with Crippen LogP contribution in [0.1, 0.15) is 33.1 Å². The molecule has 2 amide bonds. The summed E-state index contributed by atoms with van der Waals surface area (Å²) in [5.74, 6) is -0.00204. The number of amidine groups is 1. The third kappa shape index (κ3) is 3.04. The molecule has 1 saturated heterocycles. The number of amides is 2. The van der Waals surface area contributed by atoms with E-state index in [2.05, 4.69) is 10.3 Å². The second-order valence-corrected chi connectivity index (χ2v) is 5.66. The zero-order valence-electron chi connectivity index (χ0n) is 10.8. The van der Waals surface area contributed by atoms with Gasteiger partial charge in [-0.05, 0) is 26.7 Å². The lowest BCUT2D eigenvalue weighted by Gasteiger charge is -2.12. The summed E-state index contributed by atoms with van der Waals surface area (Å²) in [4.78, 5) is 29.8. The SMILES string of the molecule is CCN=C1SC(CC(=O)NC2CC2)C(=O)N1CC. The van der Waals surface area contributed by atoms with E-state index in [9.17, 15) is 9.59 Å². The topological polar surface area (TPSA) is 61.8 Å². The molecule has 2 rings (SSSR count). The van der Waals surface area contributed by atoms with Gasteiger partial charge in [0.15, 0.2) is 5.17 Å². The average molecular weight is 269 g/mol. The Morgan fingerprint density at radius 2 is 2.22 bits per heavy atom. The van der Waals surface area contributed by atoms with Gasteiger partial charge < -0.3 is 5.32 Å². The summed E-state index contributed by atoms with van der Waals surface area (Å²) >= 11 is 1.42. The highest BCUT2D eigenvalue weighted by Gasteiger charge is 2.38. The third-order valence-electron chi connectivity index (χ3n) is 2.94. The number of hydrogen-bond donors (Lipinski definition) is 1. The number of thioether (sulfide) groups is 1. The van der Waals surface area contributed by atoms with E-state index in [-0.39, 0.29) is 23.5 Å². The minimum atomic E-state index is -0.297. The van der Waals surface area contributed by atoms with Crippen molar-refractivity contribution in [1.29, 1.82) is 0 Å². The fraction of sp³-hybridized carbons (Fsp3) is 0.750. The molecule has 0 radical (unpaired) electrons. The maximum Gasteiger partial charge on any atom is 0.242 e. The molecule has 1 unspecified atom stereocenters. The molecule has 1 aliphatic heterocycles. The Balaban J connectivity index is 1.94. The Labute approximate surface area is 111 Å². The monoisotopic (exact) mass is 269 g/mol. The molecular weight excluding hydrogens is 250 g/mol. The highest BCUT2D eigenvalue weighted by molar-refractivity contribution is 8.15. The number of hydrogen-bond acceptors (Lipinski definition) is 4. The van der Waals surface area contributed by atoms with Crippen LogP contribution in [0.15, 0.2) is 4.99 Å². The van der Waals surface area contributed by atoms with Crippen LogP contribution >= 0.6 is 11.8 Å². The van der Waals surface area contributed by atoms with Crippen LogP contribution in [0.2, 0.25) is 0 Å². The van der Waals surface area contributed by atoms with Crippen molar-refractivity contribution in [2.45, 2.75) is 44.4 Å². The molecule has 1 N–H and O–H groups in total. The molecule has 6 heteroatoms. The van der Waals surface area contributed by atoms with E-state index in [0.29, 0.717) is 19.1 Å². The number of nitrogens with one attached hydrogen (secondary N) is 1. The summed E-state index contributed by atoms with van der Waals surface area (Å²) in [6.45, 7) is 5.15. The van der Waals surface area contributed by atoms with Gasteiger partial charge in [-0.3, -0.25) is 19.5 Å². The summed E-state index contributed by atoms with van der Waals surface area (Å²) in [5, 5.41) is 3.38. The number of rotatable bonds is 5. The van der Waals surface area contributed by atoms with Gasteiger partial charge in [0, 0.05) is 25.6 Å². The van der Waals surface area contributed by atoms with Crippen molar-refractivity contribution in [2.75, 3.05) is 13.1 Å². The number of nitrogens with zero attached hydrogens (tertiary/aromatic N) is 2. The zero-order valence-corrected chi connectivity index (χ0v) is 11.6. The van der Waals surface area contributed by atoms with Crippen molar-refractivity contribution in [3.8, 4) is 0 Å². The number of aliphatic imine (C=N–C) groups is 1. The molecule has 2 fully saturated rings. The van der Waals surface area contributed by atoms with Crippen molar-refractivity contribution in [3.63, 3.8) is 0 Å². The second kappa shape index (κ2) is 5.73. The summed E-state index contributed by atoms with van der Waals surface area (Å²) in [5.41, 5.74) is 0. The molecule has 1 saturated carbocycles. The van der Waals surface area contributed by atoms with Crippen LogP contribution in [0.5, 0.6) is 0 Å². The van der Waals surface area contributed by atoms with E-state index in [4.69, 9.17) is 0 Å². The predicted octanol–water partition coefficient (Wildman–Crippen LogP) is 0.995. The lowest BCUT2D eigenvalue weighted by Crippen LogP contribution is -2.35. The van der Waals surface area contributed by atoms with Crippen molar-refractivity contribution in [2.24, 2.45) is 4.99 Å². The van der Waals surface area contributed by atoms with E-state index in [1.807, 2.05) is 13.8 Å². The van der Waals surface area contributed by atoms with Crippen molar-refractivity contribution in [3.05, 3.63) is 0 Å². The Morgan fingerprint density at radius 1 is 1.50 bits per heavy atom. The van der Waals surface area contributed by atoms with Crippen LogP contribution in [0.25, 0.3) is 0 Å². The smallest absolute Gasteiger partial charge is 0.242 e. The summed E-state index contributed by atoms with van der Waals surface area (Å²) in [6.07, 6.45) is 2.40. The molecule has 1 aliphatic carbocycles. The number of carbonyl (C=O) groups is 2. The highest BCUT2D eigenvalue weighted by Crippen LogP contribution is 2.29. The van der Waals surface area contributed by atoms with E-state index in [0.717, 1.165) is 18.0 Å². The fourth-order valence-corrected chi connectivity index (χ4v) is 3.14. The van der Waals surface area contributed by atoms with Gasteiger partial charge in [-0.15, -0.1) is 0 Å². The molecule has 18 heavy (non-hydrogen) atoms. The summed E-state index contributed by atoms with van der Waals surface area (Å²) in [6, 6.07) is 0.352. The quantitative estimate of drug-likeness (QED) is 0.810. The van der Waals surface area contributed by atoms with E-state index >= 15 is 0 Å². The molecule has 0 aromatic heterocycles. The molecule has 1 heterocycles. The first-order valence-electron chi connectivity index (χ1n) is 6.47. The largest absolute Gasteiger partial charge is 0.353 e. The standard InChI is InChI=1S/C12H19N3O2S/c1-3-13-12-15(4-2)11(17)9(18-12)7-10(16)14-8-5-6-8/h8-9H,3-7H2,1-2H3,(H,14,16). The first-order chi connectivity index (χ1) is 8.65. The Hall–Kier alpha value is -1.04. The minimum Gasteiger partial charge on any atom is -0.353 e. The van der Waals surface area contributed by atoms with Crippen LogP contribution in [0.3, 0.4) is 0 Å². The Bertz CT molecular complexity index is 380. The van der Waals surface area contributed by atoms with Crippen molar-refractivity contribution >= 4 is 28.7 Å². The van der Waals surface area contributed by atoms with Gasteiger partial charge in [0.2, 0.25) is 11.8 Å². The van der Waals surface area contributed by atoms with Gasteiger partial charge in [0.05, 0.1) is 0 Å². The molecule has 5 nitrogen and oxygen atoms in total. The molecule has 1 atom stereocenters. The average Bonchev–Trinajstić information content (AvgIpc) is 3.07. The molecule has 2 aliphatic rings. The first-order valence-corrected chi connectivity index (χ1v) is 7.35. The summed E-state index contributed by atoms with van der Waals surface area (Å²) in [7, 11) is 0. The molecular formula is C12H19N3O2S. The first kappa shape index (κ1) is 13.4. The molecule has 100 valence electrons. The summed E-state index contributed by atoms with van der Waals surface area (Å²) < 4.78 is 0. The highest BCUT2D eigenvalue weighted by atomic mass is 32.2. The fourth-order valence-electron chi connectivity index (χ4n) is 1.87. The van der Waals surface area contributed by atoms with Gasteiger partial charge in [-0.1, -0.05) is 11.8 Å². The van der Waals surface area contributed by atoms with Gasteiger partial charge in [-0.25, -0.2) is 0 Å². The lowest BCUT2D eigenvalue weighted by molar-refractivity contribution is -0.129. The number of carbonyl (C=O) groups excluding carboxylic acids is 2. The van der Waals surface area contributed by atoms with E-state index in [1.165, 1.54) is 11.8 Å². The van der Waals surface area contributed by atoms with Crippen LogP contribution < -0.4 is 5.32 Å². The van der Waals surface area contributed by atoms with E-state index < -0.39 is 0 Å². The molecule has 0 aromatic rings. The lowest BCUT2D eigenvalue weighted by atomic mass is 10.2. The van der Waals surface area contributed by atoms with Gasteiger partial charge in [-0.2, -0.15) is 0 Å². The van der Waals surface area contributed by atoms with E-state index in [1.54, 1.807) is 4.90 Å².